The van der Waals surface area contributed by atoms with E-state index < -0.39 is 11.8 Å². The highest BCUT2D eigenvalue weighted by molar-refractivity contribution is 9.10. The van der Waals surface area contributed by atoms with Gasteiger partial charge in [-0.15, -0.1) is 22.7 Å². The van der Waals surface area contributed by atoms with E-state index in [4.69, 9.17) is 9.47 Å². The quantitative estimate of drug-likeness (QED) is 0.107. The van der Waals surface area contributed by atoms with Gasteiger partial charge < -0.3 is 18.9 Å². The minimum Gasteiger partial charge on any atom is -0.496 e. The van der Waals surface area contributed by atoms with Crippen LogP contribution >= 0.6 is 38.6 Å². The van der Waals surface area contributed by atoms with Gasteiger partial charge in [-0.05, 0) is 75.1 Å². The molecule has 44 heavy (non-hydrogen) atoms. The average Bonchev–Trinajstić information content (AvgIpc) is 3.63. The van der Waals surface area contributed by atoms with Crippen molar-refractivity contribution < 1.29 is 38.1 Å². The molecule has 0 fully saturated rings. The van der Waals surface area contributed by atoms with Gasteiger partial charge in [0.2, 0.25) is 0 Å². The van der Waals surface area contributed by atoms with Gasteiger partial charge in [-0.1, -0.05) is 27.2 Å². The molecule has 0 aliphatic carbocycles. The van der Waals surface area contributed by atoms with Crippen molar-refractivity contribution in [1.29, 1.82) is 0 Å². The lowest BCUT2D eigenvalue weighted by Gasteiger charge is -2.07. The topological polar surface area (TPSA) is 105 Å². The third-order valence-corrected chi connectivity index (χ3v) is 9.87. The number of ketones is 2. The Labute approximate surface area is 273 Å². The molecule has 8 nitrogen and oxygen atoms in total. The first-order chi connectivity index (χ1) is 20.9. The van der Waals surface area contributed by atoms with E-state index in [1.165, 1.54) is 36.9 Å². The minimum atomic E-state index is -0.436. The lowest BCUT2D eigenvalue weighted by Crippen LogP contribution is -2.16. The van der Waals surface area contributed by atoms with Gasteiger partial charge >= 0.3 is 11.9 Å². The van der Waals surface area contributed by atoms with E-state index >= 15 is 0 Å². The zero-order valence-corrected chi connectivity index (χ0v) is 29.1. The number of hydrogen-bond acceptors (Lipinski definition) is 10. The van der Waals surface area contributed by atoms with Crippen molar-refractivity contribution in [3.63, 3.8) is 0 Å². The first kappa shape index (κ1) is 35.2. The van der Waals surface area contributed by atoms with Crippen LogP contribution in [0.3, 0.4) is 0 Å². The second-order valence-electron chi connectivity index (χ2n) is 10.3. The van der Waals surface area contributed by atoms with Gasteiger partial charge in [0.25, 0.3) is 0 Å². The number of hydrogen-bond donors (Lipinski definition) is 0. The fraction of sp³-hybridized carbons (Fsp3) is 0.394. The highest BCUT2D eigenvalue weighted by atomic mass is 79.9. The van der Waals surface area contributed by atoms with Crippen LogP contribution in [-0.2, 0) is 25.5 Å². The number of methoxy groups -OCH3 is 4. The molecule has 2 heterocycles. The summed E-state index contributed by atoms with van der Waals surface area (Å²) in [4.78, 5) is 48.8. The third kappa shape index (κ3) is 8.67. The molecule has 0 amide bonds. The molecule has 4 rings (SSSR count). The maximum atomic E-state index is 12.4. The molecule has 11 heteroatoms. The summed E-state index contributed by atoms with van der Waals surface area (Å²) in [6, 6.07) is 11.7. The minimum absolute atomic E-state index is 0.0277. The van der Waals surface area contributed by atoms with E-state index in [9.17, 15) is 19.2 Å². The monoisotopic (exact) mass is 704 g/mol. The predicted molar refractivity (Wildman–Crippen MR) is 179 cm³/mol. The summed E-state index contributed by atoms with van der Waals surface area (Å²) in [5.41, 5.74) is 1.15. The Morgan fingerprint density at radius 3 is 1.59 bits per heavy atom. The summed E-state index contributed by atoms with van der Waals surface area (Å²) in [7, 11) is 5.93. The van der Waals surface area contributed by atoms with Crippen LogP contribution in [0.25, 0.3) is 20.2 Å². The summed E-state index contributed by atoms with van der Waals surface area (Å²) in [5, 5.41) is 2.02. The number of fused-ring (bicyclic) bond motifs is 2. The first-order valence-corrected chi connectivity index (χ1v) is 16.5. The smallest absolute Gasteiger partial charge is 0.308 e. The number of aryl methyl sites for hydroxylation is 1. The third-order valence-electron chi connectivity index (χ3n) is 6.97. The van der Waals surface area contributed by atoms with Crippen molar-refractivity contribution in [3.8, 4) is 11.5 Å². The van der Waals surface area contributed by atoms with Crippen molar-refractivity contribution in [2.45, 2.75) is 46.5 Å². The summed E-state index contributed by atoms with van der Waals surface area (Å²) in [5.74, 6) is -0.0733. The number of rotatable bonds is 12. The summed E-state index contributed by atoms with van der Waals surface area (Å²) in [6.45, 7) is 5.52. The molecule has 0 radical (unpaired) electrons. The van der Waals surface area contributed by atoms with Crippen molar-refractivity contribution in [1.82, 2.24) is 0 Å². The average molecular weight is 706 g/mol. The Morgan fingerprint density at radius 1 is 0.705 bits per heavy atom. The van der Waals surface area contributed by atoms with E-state index in [1.54, 1.807) is 28.1 Å². The molecular formula is C33H37BrO8S2. The van der Waals surface area contributed by atoms with Gasteiger partial charge in [0, 0.05) is 22.2 Å². The zero-order valence-electron chi connectivity index (χ0n) is 25.9. The molecule has 0 saturated heterocycles. The van der Waals surface area contributed by atoms with Gasteiger partial charge in [0.15, 0.2) is 11.6 Å². The van der Waals surface area contributed by atoms with E-state index in [-0.39, 0.29) is 36.3 Å². The van der Waals surface area contributed by atoms with Crippen molar-refractivity contribution in [3.05, 3.63) is 56.2 Å². The Morgan fingerprint density at radius 2 is 1.16 bits per heavy atom. The molecule has 2 aromatic heterocycles. The molecule has 4 aromatic rings. The van der Waals surface area contributed by atoms with Gasteiger partial charge in [0.1, 0.15) is 11.5 Å². The highest BCUT2D eigenvalue weighted by Crippen LogP contribution is 2.36. The molecule has 2 atom stereocenters. The Kier molecular flexibility index (Phi) is 12.9. The standard InChI is InChI=1S/C18H22O4S.C15H15BrO4S/c1-5-6-12-8-13-9-17(23-16(13)10-15(12)21-3)14(19)7-11(2)18(20)22-4;1-8(15(18)20-3)4-11(17)14-6-9-5-10(16)12(19-2)7-13(9)21-14/h8-11H,5-7H2,1-4H3;5-8H,4H2,1-3H3/t11-;8-/m00/s1. The number of Topliss-reactive ketones (excluding diaryl/α,β-unsaturated/α-hetero) is 2. The van der Waals surface area contributed by atoms with E-state index in [2.05, 4.69) is 38.4 Å². The number of carbonyl (C=O) groups is 4. The van der Waals surface area contributed by atoms with Gasteiger partial charge in [-0.3, -0.25) is 19.2 Å². The molecule has 0 aliphatic heterocycles. The zero-order chi connectivity index (χ0) is 32.6. The molecule has 2 aromatic carbocycles. The molecule has 0 N–H and O–H groups in total. The Bertz CT molecular complexity index is 1650. The maximum Gasteiger partial charge on any atom is 0.308 e. The van der Waals surface area contributed by atoms with Crippen LogP contribution in [0.4, 0.5) is 0 Å². The maximum absolute atomic E-state index is 12.4. The van der Waals surface area contributed by atoms with Crippen LogP contribution in [0.15, 0.2) is 40.9 Å². The second-order valence-corrected chi connectivity index (χ2v) is 13.3. The number of carbonyl (C=O) groups excluding carboxylic acids is 4. The Balaban J connectivity index is 0.000000241. The van der Waals surface area contributed by atoms with Crippen LogP contribution in [0.2, 0.25) is 0 Å². The molecule has 236 valence electrons. The number of halogens is 1. The van der Waals surface area contributed by atoms with Crippen LogP contribution in [0.1, 0.15) is 64.9 Å². The van der Waals surface area contributed by atoms with Crippen LogP contribution in [0, 0.1) is 11.8 Å². The summed E-state index contributed by atoms with van der Waals surface area (Å²) < 4.78 is 22.9. The molecule has 0 saturated carbocycles. The number of thiophene rings is 2. The molecule has 0 spiro atoms. The Hall–Kier alpha value is -3.28. The normalized spacial score (nSPS) is 12.2. The fourth-order valence-electron chi connectivity index (χ4n) is 4.57. The summed E-state index contributed by atoms with van der Waals surface area (Å²) in [6.07, 6.45) is 2.29. The molecule has 0 aliphatic rings. The molecular weight excluding hydrogens is 668 g/mol. The predicted octanol–water partition coefficient (Wildman–Crippen LogP) is 8.30. The van der Waals surface area contributed by atoms with Gasteiger partial charge in [0.05, 0.1) is 54.5 Å². The van der Waals surface area contributed by atoms with E-state index in [0.29, 0.717) is 9.75 Å². The number of ether oxygens (including phenoxy) is 4. The lowest BCUT2D eigenvalue weighted by atomic mass is 10.0. The SMILES string of the molecule is CCCc1cc2cc(C(=O)C[C@H](C)C(=O)OC)sc2cc1OC.COC(=O)[C@@H](C)CC(=O)c1cc2cc(Br)c(OC)cc2s1. The van der Waals surface area contributed by atoms with Crippen molar-refractivity contribution >= 4 is 82.3 Å². The van der Waals surface area contributed by atoms with E-state index in [1.807, 2.05) is 30.3 Å². The number of benzene rings is 2. The van der Waals surface area contributed by atoms with Gasteiger partial charge in [-0.25, -0.2) is 0 Å². The van der Waals surface area contributed by atoms with Crippen LogP contribution in [-0.4, -0.2) is 51.9 Å². The summed E-state index contributed by atoms with van der Waals surface area (Å²) >= 11 is 6.27. The largest absolute Gasteiger partial charge is 0.496 e. The fourth-order valence-corrected chi connectivity index (χ4v) is 7.13. The van der Waals surface area contributed by atoms with Crippen molar-refractivity contribution in [2.75, 3.05) is 28.4 Å². The number of esters is 2. The molecule has 0 bridgehead atoms. The van der Waals surface area contributed by atoms with Crippen LogP contribution in [0.5, 0.6) is 11.5 Å². The van der Waals surface area contributed by atoms with Crippen molar-refractivity contribution in [2.24, 2.45) is 11.8 Å². The lowest BCUT2D eigenvalue weighted by molar-refractivity contribution is -0.145. The molecule has 0 unspecified atom stereocenters. The highest BCUT2D eigenvalue weighted by Gasteiger charge is 2.21. The van der Waals surface area contributed by atoms with E-state index in [0.717, 1.165) is 54.5 Å². The van der Waals surface area contributed by atoms with Gasteiger partial charge in [-0.2, -0.15) is 0 Å². The second kappa shape index (κ2) is 16.2. The van der Waals surface area contributed by atoms with Crippen LogP contribution < -0.4 is 9.47 Å². The first-order valence-electron chi connectivity index (χ1n) is 14.1.